The molecule has 0 fully saturated rings. The molecular formula is C16H22N4O2. The lowest BCUT2D eigenvalue weighted by molar-refractivity contribution is 0.173. The second kappa shape index (κ2) is 8.19. The summed E-state index contributed by atoms with van der Waals surface area (Å²) in [7, 11) is 0. The van der Waals surface area contributed by atoms with Gasteiger partial charge in [0.2, 0.25) is 0 Å². The number of H-pyrrole nitrogens is 1. The lowest BCUT2D eigenvalue weighted by atomic mass is 9.93. The fourth-order valence-electron chi connectivity index (χ4n) is 2.31. The fraction of sp³-hybridized carbons (Fsp3) is 0.375. The summed E-state index contributed by atoms with van der Waals surface area (Å²) in [5.41, 5.74) is 1.95. The Kier molecular flexibility index (Phi) is 5.97. The molecule has 0 saturated heterocycles. The molecule has 1 heterocycles. The van der Waals surface area contributed by atoms with Crippen molar-refractivity contribution in [3.05, 3.63) is 53.9 Å². The fourth-order valence-corrected chi connectivity index (χ4v) is 2.31. The van der Waals surface area contributed by atoms with Gasteiger partial charge in [0.05, 0.1) is 18.3 Å². The van der Waals surface area contributed by atoms with E-state index in [1.807, 2.05) is 30.3 Å². The van der Waals surface area contributed by atoms with Crippen LogP contribution in [0.1, 0.15) is 30.5 Å². The minimum absolute atomic E-state index is 0.0825. The van der Waals surface area contributed by atoms with Crippen LogP contribution in [0.3, 0.4) is 0 Å². The van der Waals surface area contributed by atoms with Crippen molar-refractivity contribution in [2.24, 2.45) is 0 Å². The van der Waals surface area contributed by atoms with Crippen molar-refractivity contribution >= 4 is 6.03 Å². The van der Waals surface area contributed by atoms with Crippen molar-refractivity contribution in [3.63, 3.8) is 0 Å². The zero-order valence-corrected chi connectivity index (χ0v) is 12.6. The highest BCUT2D eigenvalue weighted by molar-refractivity contribution is 5.73. The number of benzene rings is 1. The number of aromatic nitrogens is 2. The van der Waals surface area contributed by atoms with Crippen molar-refractivity contribution in [2.45, 2.75) is 31.9 Å². The Labute approximate surface area is 129 Å². The smallest absolute Gasteiger partial charge is 0.315 e. The van der Waals surface area contributed by atoms with E-state index in [-0.39, 0.29) is 11.9 Å². The van der Waals surface area contributed by atoms with Crippen molar-refractivity contribution in [1.82, 2.24) is 20.8 Å². The first-order valence-corrected chi connectivity index (χ1v) is 7.38. The number of nitrogens with zero attached hydrogens (tertiary/aromatic N) is 1. The third-order valence-corrected chi connectivity index (χ3v) is 3.40. The van der Waals surface area contributed by atoms with E-state index < -0.39 is 6.10 Å². The maximum absolute atomic E-state index is 11.8. The Bertz CT molecular complexity index is 555. The SMILES string of the molecule is CC(O)CC(CNC(=O)NCc1ccn[nH]1)c1ccccc1. The van der Waals surface area contributed by atoms with E-state index in [1.165, 1.54) is 0 Å². The standard InChI is InChI=1S/C16H22N4O2/c1-12(21)9-14(13-5-3-2-4-6-13)10-17-16(22)18-11-15-7-8-19-20-15/h2-8,12,14,21H,9-11H2,1H3,(H,19,20)(H2,17,18,22). The molecule has 2 atom stereocenters. The van der Waals surface area contributed by atoms with Crippen LogP contribution in [-0.2, 0) is 6.54 Å². The molecule has 4 N–H and O–H groups in total. The zero-order valence-electron chi connectivity index (χ0n) is 12.6. The molecule has 2 rings (SSSR count). The van der Waals surface area contributed by atoms with Crippen LogP contribution in [0, 0.1) is 0 Å². The van der Waals surface area contributed by atoms with Crippen molar-refractivity contribution in [3.8, 4) is 0 Å². The average Bonchev–Trinajstić information content (AvgIpc) is 3.03. The van der Waals surface area contributed by atoms with Crippen LogP contribution in [0.4, 0.5) is 4.79 Å². The normalized spacial score (nSPS) is 13.4. The summed E-state index contributed by atoms with van der Waals surface area (Å²) in [5, 5.41) is 21.9. The quantitative estimate of drug-likeness (QED) is 0.628. The van der Waals surface area contributed by atoms with E-state index in [9.17, 15) is 9.90 Å². The second-order valence-corrected chi connectivity index (χ2v) is 5.34. The number of hydrogen-bond acceptors (Lipinski definition) is 3. The number of nitrogens with one attached hydrogen (secondary N) is 3. The highest BCUT2D eigenvalue weighted by Gasteiger charge is 2.15. The molecule has 0 aliphatic heterocycles. The monoisotopic (exact) mass is 302 g/mol. The number of carbonyl (C=O) groups is 1. The summed E-state index contributed by atoms with van der Waals surface area (Å²) < 4.78 is 0. The molecular weight excluding hydrogens is 280 g/mol. The number of carbonyl (C=O) groups excluding carboxylic acids is 1. The van der Waals surface area contributed by atoms with Gasteiger partial charge in [-0.2, -0.15) is 5.10 Å². The predicted octanol–water partition coefficient (Wildman–Crippen LogP) is 1.76. The number of rotatable bonds is 7. The lowest BCUT2D eigenvalue weighted by Crippen LogP contribution is -2.38. The lowest BCUT2D eigenvalue weighted by Gasteiger charge is -2.19. The van der Waals surface area contributed by atoms with E-state index in [1.54, 1.807) is 19.2 Å². The first-order chi connectivity index (χ1) is 10.6. The molecule has 2 amide bonds. The van der Waals surface area contributed by atoms with Gasteiger partial charge in [-0.1, -0.05) is 30.3 Å². The predicted molar refractivity (Wildman–Crippen MR) is 84.3 cm³/mol. The Balaban J connectivity index is 1.84. The maximum atomic E-state index is 11.8. The van der Waals surface area contributed by atoms with Crippen LogP contribution in [0.5, 0.6) is 0 Å². The largest absolute Gasteiger partial charge is 0.393 e. The van der Waals surface area contributed by atoms with E-state index in [4.69, 9.17) is 0 Å². The van der Waals surface area contributed by atoms with Crippen molar-refractivity contribution in [1.29, 1.82) is 0 Å². The second-order valence-electron chi connectivity index (χ2n) is 5.34. The Hall–Kier alpha value is -2.34. The Morgan fingerprint density at radius 2 is 2.05 bits per heavy atom. The molecule has 6 nitrogen and oxygen atoms in total. The summed E-state index contributed by atoms with van der Waals surface area (Å²) in [5.74, 6) is 0.0825. The van der Waals surface area contributed by atoms with E-state index in [2.05, 4.69) is 20.8 Å². The van der Waals surface area contributed by atoms with Crippen LogP contribution >= 0.6 is 0 Å². The third-order valence-electron chi connectivity index (χ3n) is 3.40. The molecule has 0 aliphatic rings. The molecule has 118 valence electrons. The molecule has 22 heavy (non-hydrogen) atoms. The molecule has 2 unspecified atom stereocenters. The number of hydrogen-bond donors (Lipinski definition) is 4. The van der Waals surface area contributed by atoms with Gasteiger partial charge in [-0.05, 0) is 25.0 Å². The first-order valence-electron chi connectivity index (χ1n) is 7.38. The summed E-state index contributed by atoms with van der Waals surface area (Å²) in [6.45, 7) is 2.64. The highest BCUT2D eigenvalue weighted by atomic mass is 16.3. The van der Waals surface area contributed by atoms with Crippen LogP contribution in [0.25, 0.3) is 0 Å². The molecule has 0 aliphatic carbocycles. The van der Waals surface area contributed by atoms with Crippen LogP contribution < -0.4 is 10.6 Å². The van der Waals surface area contributed by atoms with Crippen molar-refractivity contribution in [2.75, 3.05) is 6.54 Å². The molecule has 0 radical (unpaired) electrons. The number of amides is 2. The van der Waals surface area contributed by atoms with E-state index in [0.717, 1.165) is 11.3 Å². The summed E-state index contributed by atoms with van der Waals surface area (Å²) >= 11 is 0. The molecule has 2 aromatic rings. The van der Waals surface area contributed by atoms with Crippen LogP contribution in [0.2, 0.25) is 0 Å². The van der Waals surface area contributed by atoms with Gasteiger partial charge in [-0.25, -0.2) is 4.79 Å². The zero-order chi connectivity index (χ0) is 15.8. The highest BCUT2D eigenvalue weighted by Crippen LogP contribution is 2.20. The molecule has 1 aromatic heterocycles. The van der Waals surface area contributed by atoms with Gasteiger partial charge in [-0.15, -0.1) is 0 Å². The molecule has 0 saturated carbocycles. The molecule has 0 spiro atoms. The molecule has 1 aromatic carbocycles. The number of aliphatic hydroxyl groups is 1. The summed E-state index contributed by atoms with van der Waals surface area (Å²) in [4.78, 5) is 11.8. The van der Waals surface area contributed by atoms with Crippen LogP contribution in [-0.4, -0.2) is 34.0 Å². The van der Waals surface area contributed by atoms with Crippen LogP contribution in [0.15, 0.2) is 42.6 Å². The van der Waals surface area contributed by atoms with Crippen molar-refractivity contribution < 1.29 is 9.90 Å². The van der Waals surface area contributed by atoms with Gasteiger partial charge < -0.3 is 15.7 Å². The molecule has 0 bridgehead atoms. The Morgan fingerprint density at radius 3 is 2.68 bits per heavy atom. The van der Waals surface area contributed by atoms with Gasteiger partial charge >= 0.3 is 6.03 Å². The minimum atomic E-state index is -0.417. The van der Waals surface area contributed by atoms with E-state index in [0.29, 0.717) is 19.5 Å². The third kappa shape index (κ3) is 5.21. The van der Waals surface area contributed by atoms with Gasteiger partial charge in [-0.3, -0.25) is 5.10 Å². The topological polar surface area (TPSA) is 90.0 Å². The van der Waals surface area contributed by atoms with Gasteiger partial charge in [0.15, 0.2) is 0 Å². The summed E-state index contributed by atoms with van der Waals surface area (Å²) in [6, 6.07) is 11.5. The summed E-state index contributed by atoms with van der Waals surface area (Å²) in [6.07, 6.45) is 1.83. The maximum Gasteiger partial charge on any atom is 0.315 e. The van der Waals surface area contributed by atoms with Gasteiger partial charge in [0, 0.05) is 18.7 Å². The number of urea groups is 1. The van der Waals surface area contributed by atoms with Gasteiger partial charge in [0.1, 0.15) is 0 Å². The minimum Gasteiger partial charge on any atom is -0.393 e. The Morgan fingerprint density at radius 1 is 1.27 bits per heavy atom. The van der Waals surface area contributed by atoms with E-state index >= 15 is 0 Å². The average molecular weight is 302 g/mol. The number of aliphatic hydroxyl groups excluding tert-OH is 1. The van der Waals surface area contributed by atoms with Gasteiger partial charge in [0.25, 0.3) is 0 Å². The first kappa shape index (κ1) is 16.0. The number of aromatic amines is 1. The molecule has 6 heteroatoms.